The molecule has 0 bridgehead atoms. The monoisotopic (exact) mass is 327 g/mol. The SMILES string of the molecule is CN(C[C@H](O)[C@@H](O)[C@H](O)[C@H](O)CO)C(=S)S.[Fe]. The Balaban J connectivity index is 0. The van der Waals surface area contributed by atoms with E-state index in [1.54, 1.807) is 7.05 Å². The molecule has 0 aliphatic carbocycles. The molecule has 0 amide bonds. The fourth-order valence-corrected chi connectivity index (χ4v) is 1.19. The maximum atomic E-state index is 9.51. The fraction of sp³-hybridized carbons (Fsp3) is 0.875. The molecule has 0 heterocycles. The van der Waals surface area contributed by atoms with E-state index in [9.17, 15) is 15.3 Å². The van der Waals surface area contributed by atoms with E-state index in [-0.39, 0.29) is 27.9 Å². The Labute approximate surface area is 121 Å². The van der Waals surface area contributed by atoms with Crippen LogP contribution in [-0.4, -0.2) is 79.4 Å². The molecule has 0 unspecified atom stereocenters. The van der Waals surface area contributed by atoms with Crippen LogP contribution < -0.4 is 0 Å². The van der Waals surface area contributed by atoms with Gasteiger partial charge in [-0.25, -0.2) is 0 Å². The molecule has 0 aliphatic heterocycles. The molecule has 0 aromatic heterocycles. The minimum Gasteiger partial charge on any atom is -0.394 e. The molecule has 0 saturated carbocycles. The number of likely N-dealkylation sites (N-methyl/N-ethyl adjacent to an activating group) is 1. The van der Waals surface area contributed by atoms with Gasteiger partial charge in [-0.1, -0.05) is 12.2 Å². The van der Waals surface area contributed by atoms with Crippen molar-refractivity contribution in [1.82, 2.24) is 4.90 Å². The minimum absolute atomic E-state index is 0. The number of rotatable bonds is 6. The van der Waals surface area contributed by atoms with Gasteiger partial charge in [0, 0.05) is 30.7 Å². The first-order valence-electron chi connectivity index (χ1n) is 4.58. The Hall–Kier alpha value is 0.559. The summed E-state index contributed by atoms with van der Waals surface area (Å²) in [5, 5.41) is 45.9. The van der Waals surface area contributed by atoms with Crippen molar-refractivity contribution in [2.45, 2.75) is 24.4 Å². The van der Waals surface area contributed by atoms with E-state index in [2.05, 4.69) is 12.6 Å². The van der Waals surface area contributed by atoms with Crippen molar-refractivity contribution >= 4 is 29.2 Å². The molecule has 0 saturated heterocycles. The van der Waals surface area contributed by atoms with Crippen LogP contribution in [0, 0.1) is 0 Å². The third kappa shape index (κ3) is 6.90. The average Bonchev–Trinajstić information content (AvgIpc) is 2.25. The summed E-state index contributed by atoms with van der Waals surface area (Å²) in [6, 6.07) is 0. The Morgan fingerprint density at radius 1 is 1.18 bits per heavy atom. The van der Waals surface area contributed by atoms with Gasteiger partial charge in [0.1, 0.15) is 22.6 Å². The predicted molar refractivity (Wildman–Crippen MR) is 65.3 cm³/mol. The van der Waals surface area contributed by atoms with Gasteiger partial charge in [-0.05, 0) is 0 Å². The van der Waals surface area contributed by atoms with E-state index in [1.807, 2.05) is 0 Å². The fourth-order valence-electron chi connectivity index (χ4n) is 1.03. The summed E-state index contributed by atoms with van der Waals surface area (Å²) < 4.78 is 0.225. The molecule has 6 nitrogen and oxygen atoms in total. The molecular formula is C8H17FeNO5S2. The molecule has 0 rings (SSSR count). The molecule has 0 aliphatic rings. The second-order valence-corrected chi connectivity index (χ2v) is 4.57. The second kappa shape index (κ2) is 9.48. The standard InChI is InChI=1S/C8H17NO5S2.Fe/c1-9(8(15)16)2-4(11)6(13)7(14)5(12)3-10;/h4-7,10-14H,2-3H2,1H3,(H,15,16);/t4-,5+,6+,7+;/m0./s1. The van der Waals surface area contributed by atoms with Gasteiger partial charge in [0.05, 0.1) is 12.7 Å². The van der Waals surface area contributed by atoms with Gasteiger partial charge in [-0.3, -0.25) is 0 Å². The summed E-state index contributed by atoms with van der Waals surface area (Å²) >= 11 is 8.57. The largest absolute Gasteiger partial charge is 0.394 e. The topological polar surface area (TPSA) is 104 Å². The summed E-state index contributed by atoms with van der Waals surface area (Å²) in [5.41, 5.74) is 0. The Bertz CT molecular complexity index is 236. The average molecular weight is 327 g/mol. The zero-order valence-corrected chi connectivity index (χ0v) is 11.9. The molecule has 0 aromatic carbocycles. The number of hydrogen-bond acceptors (Lipinski definition) is 6. The van der Waals surface area contributed by atoms with Crippen molar-refractivity contribution in [3.05, 3.63) is 0 Å². The van der Waals surface area contributed by atoms with Crippen LogP contribution in [0.1, 0.15) is 0 Å². The number of nitrogens with zero attached hydrogens (tertiary/aromatic N) is 1. The van der Waals surface area contributed by atoms with E-state index in [4.69, 9.17) is 22.4 Å². The summed E-state index contributed by atoms with van der Waals surface area (Å²) in [4.78, 5) is 1.39. The van der Waals surface area contributed by atoms with Gasteiger partial charge >= 0.3 is 0 Å². The van der Waals surface area contributed by atoms with E-state index < -0.39 is 31.0 Å². The summed E-state index contributed by atoms with van der Waals surface area (Å²) in [5.74, 6) is 0. The quantitative estimate of drug-likeness (QED) is 0.183. The van der Waals surface area contributed by atoms with Gasteiger partial charge < -0.3 is 30.4 Å². The number of aliphatic hydroxyl groups is 5. The molecule has 9 heteroatoms. The van der Waals surface area contributed by atoms with Crippen LogP contribution in [0.3, 0.4) is 0 Å². The first-order valence-corrected chi connectivity index (χ1v) is 5.44. The third-order valence-electron chi connectivity index (χ3n) is 2.11. The van der Waals surface area contributed by atoms with Gasteiger partial charge in [0.25, 0.3) is 0 Å². The van der Waals surface area contributed by atoms with Crippen LogP contribution in [0.15, 0.2) is 0 Å². The van der Waals surface area contributed by atoms with Crippen molar-refractivity contribution in [2.24, 2.45) is 0 Å². The van der Waals surface area contributed by atoms with Crippen LogP contribution >= 0.6 is 24.8 Å². The van der Waals surface area contributed by atoms with E-state index in [0.717, 1.165) is 0 Å². The molecule has 0 spiro atoms. The number of hydrogen-bond donors (Lipinski definition) is 6. The summed E-state index contributed by atoms with van der Waals surface area (Å²) in [7, 11) is 1.56. The molecule has 0 radical (unpaired) electrons. The smallest absolute Gasteiger partial charge is 0.133 e. The molecule has 5 N–H and O–H groups in total. The van der Waals surface area contributed by atoms with Gasteiger partial charge in [0.2, 0.25) is 0 Å². The van der Waals surface area contributed by atoms with E-state index in [0.29, 0.717) is 0 Å². The van der Waals surface area contributed by atoms with Crippen LogP contribution in [0.25, 0.3) is 0 Å². The maximum absolute atomic E-state index is 9.51. The molecule has 0 aromatic rings. The number of thiol groups is 1. The van der Waals surface area contributed by atoms with Gasteiger partial charge in [-0.2, -0.15) is 0 Å². The first kappa shape index (κ1) is 19.9. The molecule has 17 heavy (non-hydrogen) atoms. The van der Waals surface area contributed by atoms with Crippen LogP contribution in [0.2, 0.25) is 0 Å². The Morgan fingerprint density at radius 3 is 1.94 bits per heavy atom. The van der Waals surface area contributed by atoms with E-state index in [1.165, 1.54) is 4.90 Å². The molecular weight excluding hydrogens is 310 g/mol. The summed E-state index contributed by atoms with van der Waals surface area (Å²) in [6.45, 7) is -0.746. The van der Waals surface area contributed by atoms with Crippen molar-refractivity contribution in [3.8, 4) is 0 Å². The molecule has 104 valence electrons. The van der Waals surface area contributed by atoms with E-state index >= 15 is 0 Å². The van der Waals surface area contributed by atoms with Crippen molar-refractivity contribution in [3.63, 3.8) is 0 Å². The van der Waals surface area contributed by atoms with Gasteiger partial charge in [-0.15, -0.1) is 12.6 Å². The van der Waals surface area contributed by atoms with Crippen molar-refractivity contribution in [1.29, 1.82) is 0 Å². The van der Waals surface area contributed by atoms with Gasteiger partial charge in [0.15, 0.2) is 0 Å². The molecule has 0 fully saturated rings. The van der Waals surface area contributed by atoms with Crippen molar-refractivity contribution < 1.29 is 42.6 Å². The Kier molecular flexibility index (Phi) is 11.1. The first-order chi connectivity index (χ1) is 7.31. The number of thiocarbonyl (C=S) groups is 1. The molecule has 4 atom stereocenters. The normalized spacial score (nSPS) is 17.6. The van der Waals surface area contributed by atoms with Crippen LogP contribution in [-0.2, 0) is 17.1 Å². The minimum atomic E-state index is -1.62. The predicted octanol–water partition coefficient (Wildman–Crippen LogP) is -2.43. The zero-order chi connectivity index (χ0) is 12.9. The van der Waals surface area contributed by atoms with Crippen LogP contribution in [0.4, 0.5) is 0 Å². The maximum Gasteiger partial charge on any atom is 0.133 e. The second-order valence-electron chi connectivity index (χ2n) is 3.46. The zero-order valence-electron chi connectivity index (χ0n) is 9.12. The van der Waals surface area contributed by atoms with Crippen molar-refractivity contribution in [2.75, 3.05) is 20.2 Å². The Morgan fingerprint density at radius 2 is 1.59 bits per heavy atom. The summed E-state index contributed by atoms with van der Waals surface area (Å²) in [6.07, 6.45) is -6.02. The van der Waals surface area contributed by atoms with Crippen LogP contribution in [0.5, 0.6) is 0 Å². The number of aliphatic hydroxyl groups excluding tert-OH is 5. The third-order valence-corrected chi connectivity index (χ3v) is 2.77.